The number of aryl methyl sites for hydroxylation is 1. The Bertz CT molecular complexity index is 3420. The summed E-state index contributed by atoms with van der Waals surface area (Å²) >= 11 is 6.18. The fraction of sp³-hybridized carbons (Fsp3) is 0.680. The molecule has 1 unspecified atom stereocenters. The van der Waals surface area contributed by atoms with Crippen molar-refractivity contribution in [2.75, 3.05) is 94.8 Å². The number of likely N-dealkylation sites (N-methyl/N-ethyl adjacent to an activating group) is 6. The number of carbonyl (C=O) groups excluding carboxylic acids is 12. The molecule has 9 atom stereocenters. The van der Waals surface area contributed by atoms with Gasteiger partial charge in [-0.1, -0.05) is 121 Å². The molecule has 574 valence electrons. The van der Waals surface area contributed by atoms with Gasteiger partial charge in [-0.25, -0.2) is 0 Å². The number of halogens is 4. The predicted molar refractivity (Wildman–Crippen MR) is 381 cm³/mol. The summed E-state index contributed by atoms with van der Waals surface area (Å²) in [5.74, 6) is -8.98. The lowest BCUT2D eigenvalue weighted by Gasteiger charge is -2.42. The van der Waals surface area contributed by atoms with Crippen molar-refractivity contribution in [1.29, 1.82) is 0 Å². The van der Waals surface area contributed by atoms with E-state index in [0.717, 1.165) is 29.9 Å². The first kappa shape index (κ1) is 81.8. The van der Waals surface area contributed by atoms with Gasteiger partial charge in [-0.05, 0) is 112 Å². The lowest BCUT2D eigenvalue weighted by atomic mass is 9.90. The lowest BCUT2D eigenvalue weighted by molar-refractivity contribution is -0.157. The molecule has 104 heavy (non-hydrogen) atoms. The monoisotopic (exact) mass is 1480 g/mol. The van der Waals surface area contributed by atoms with Crippen molar-refractivity contribution in [3.05, 3.63) is 70.2 Å². The lowest BCUT2D eigenvalue weighted by Crippen LogP contribution is -2.65. The maximum absolute atomic E-state index is 15.7. The van der Waals surface area contributed by atoms with E-state index < -0.39 is 173 Å². The molecule has 2 aromatic carbocycles. The number of morpholine rings is 1. The van der Waals surface area contributed by atoms with Crippen LogP contribution in [0, 0.1) is 17.8 Å². The third-order valence-corrected chi connectivity index (χ3v) is 22.6. The molecular weight excluding hydrogens is 1370 g/mol. The Hall–Kier alpha value is -7.88. The van der Waals surface area contributed by atoms with E-state index in [0.29, 0.717) is 63.4 Å². The van der Waals surface area contributed by atoms with Gasteiger partial charge >= 0.3 is 6.18 Å². The molecule has 6 fully saturated rings. The number of benzene rings is 2. The molecule has 0 radical (unpaired) electrons. The van der Waals surface area contributed by atoms with Gasteiger partial charge in [0.25, 0.3) is 0 Å². The molecule has 25 nitrogen and oxygen atoms in total. The van der Waals surface area contributed by atoms with Crippen LogP contribution in [0.25, 0.3) is 0 Å². The van der Waals surface area contributed by atoms with Crippen LogP contribution in [0.1, 0.15) is 160 Å². The quantitative estimate of drug-likeness (QED) is 0.252. The van der Waals surface area contributed by atoms with Crippen molar-refractivity contribution >= 4 is 82.5 Å². The number of nitrogens with one attached hydrogen (secondary N) is 3. The van der Waals surface area contributed by atoms with Crippen LogP contribution in [-0.2, 0) is 81.3 Å². The highest BCUT2D eigenvalue weighted by atomic mass is 35.5. The second-order valence-electron chi connectivity index (χ2n) is 30.0. The number of nitrogens with zero attached hydrogens (tertiary/aromatic N) is 9. The average molecular weight is 1480 g/mol. The summed E-state index contributed by atoms with van der Waals surface area (Å²) < 4.78 is 47.4. The smallest absolute Gasteiger partial charge is 0.378 e. The van der Waals surface area contributed by atoms with E-state index in [2.05, 4.69) is 16.0 Å². The Kier molecular flexibility index (Phi) is 28.6. The maximum Gasteiger partial charge on any atom is 0.417 e. The number of hydrogen-bond acceptors (Lipinski definition) is 13. The molecule has 2 saturated carbocycles. The van der Waals surface area contributed by atoms with Gasteiger partial charge in [-0.2, -0.15) is 13.2 Å². The summed E-state index contributed by atoms with van der Waals surface area (Å²) in [6.07, 6.45) is 0.888. The molecule has 2 aliphatic carbocycles. The topological polar surface area (TPSA) is 279 Å². The number of carbonyl (C=O) groups is 12. The molecule has 3 N–H and O–H groups in total. The molecule has 12 amide bonds. The zero-order valence-electron chi connectivity index (χ0n) is 62.1. The van der Waals surface area contributed by atoms with Crippen molar-refractivity contribution in [1.82, 2.24) is 60.0 Å². The Morgan fingerprint density at radius 1 is 0.625 bits per heavy atom. The van der Waals surface area contributed by atoms with Crippen molar-refractivity contribution in [3.8, 4) is 0 Å². The van der Waals surface area contributed by atoms with E-state index >= 15 is 38.4 Å². The summed E-state index contributed by atoms with van der Waals surface area (Å²) in [4.78, 5) is 194. The summed E-state index contributed by atoms with van der Waals surface area (Å²) in [5.41, 5.74) is -1.71. The normalized spacial score (nSPS) is 26.6. The van der Waals surface area contributed by atoms with E-state index in [1.165, 1.54) is 87.6 Å². The van der Waals surface area contributed by atoms with Crippen LogP contribution >= 0.6 is 11.6 Å². The highest BCUT2D eigenvalue weighted by Crippen LogP contribution is 2.39. The Morgan fingerprint density at radius 3 is 1.89 bits per heavy atom. The van der Waals surface area contributed by atoms with Crippen molar-refractivity contribution in [2.24, 2.45) is 17.8 Å². The number of amides is 12. The van der Waals surface area contributed by atoms with Crippen LogP contribution in [0.3, 0.4) is 0 Å². The van der Waals surface area contributed by atoms with Crippen LogP contribution in [-0.4, -0.2) is 264 Å². The fourth-order valence-corrected chi connectivity index (χ4v) is 16.1. The summed E-state index contributed by atoms with van der Waals surface area (Å²) in [6.45, 7) is 6.91. The van der Waals surface area contributed by atoms with Crippen LogP contribution in [0.2, 0.25) is 5.02 Å². The van der Waals surface area contributed by atoms with Crippen LogP contribution in [0.15, 0.2) is 48.5 Å². The zero-order valence-corrected chi connectivity index (χ0v) is 62.9. The van der Waals surface area contributed by atoms with Gasteiger partial charge in [0, 0.05) is 74.9 Å². The Morgan fingerprint density at radius 2 is 1.26 bits per heavy atom. The summed E-state index contributed by atoms with van der Waals surface area (Å²) in [6, 6.07) is 1.94. The van der Waals surface area contributed by atoms with Gasteiger partial charge in [-0.3, -0.25) is 57.5 Å². The Labute approximate surface area is 614 Å². The molecule has 2 bridgehead atoms. The standard InChI is InChI=1S/C75H108ClF3N12O13/c1-11-48(4)63-71(101)84(6)46-62(94)85(7)56-27-16-13-21-35-91(70(56)100)59(43-49-23-14-12-15-24-49)68(98)83(5)45-60(92)80-54(32-30-50-29-31-52(53(76)42-50)75(77,78)79)67(97)90-36-22-28-55(90)66(96)82-74(33-19-20-34-74)73(103)88(10)64(51-25-17-18-26-51)72(102)87(9)58(69(99)89-37-39-104-40-38-89)44-61(93)86(8)57(41-47(2)3)65(95)81-63/h12,14-15,23-24,29,31,42,47-48,51,54-59,63-64H,11,13,16-22,25-28,30,32-41,43-46H2,1-10H3,(H,80,92)(H,81,95)(H,82,96)/t48?,54-,55-,56-,57-,58-,59-,63+,64-/m0/s1. The number of hydrogen-bond donors (Lipinski definition) is 3. The number of rotatable bonds is 11. The van der Waals surface area contributed by atoms with Gasteiger partial charge in [0.2, 0.25) is 70.9 Å². The molecule has 0 aromatic heterocycles. The van der Waals surface area contributed by atoms with Gasteiger partial charge in [0.1, 0.15) is 53.9 Å². The maximum atomic E-state index is 15.7. The second kappa shape index (κ2) is 36.4. The Balaban J connectivity index is 1.20. The second-order valence-corrected chi connectivity index (χ2v) is 30.4. The molecule has 6 aliphatic rings. The van der Waals surface area contributed by atoms with Crippen molar-refractivity contribution in [3.63, 3.8) is 0 Å². The summed E-state index contributed by atoms with van der Waals surface area (Å²) in [5, 5.41) is 8.19. The van der Waals surface area contributed by atoms with Crippen LogP contribution in [0.4, 0.5) is 13.2 Å². The van der Waals surface area contributed by atoms with Gasteiger partial charge in [-0.15, -0.1) is 0 Å². The van der Waals surface area contributed by atoms with Gasteiger partial charge in [0.05, 0.1) is 43.3 Å². The molecule has 8 rings (SSSR count). The highest BCUT2D eigenvalue weighted by Gasteiger charge is 2.52. The van der Waals surface area contributed by atoms with Crippen LogP contribution < -0.4 is 16.0 Å². The molecule has 2 aromatic rings. The molecule has 4 aliphatic heterocycles. The van der Waals surface area contributed by atoms with E-state index in [-0.39, 0.29) is 102 Å². The SMILES string of the molecule is CCC(C)[C@H]1NC(=O)[C@H](CC(C)C)N(C)C(=O)C[C@@H](C(=O)N2CCOCC2)N(C)C(=O)[C@H](C2CCCC2)N(C)C(=O)C2(CCCC2)NC(=O)[C@@H]2CCCN2C(=O)[C@H](CCc2ccc(C(F)(F)F)c(Cl)c2)NC(=O)CN(C)C(=O)[C@H](Cc2ccccc2)N2CCCCC[C@@H](C2=O)N(C)C(=O)CN(C)C1=O. The molecule has 29 heteroatoms. The average Bonchev–Trinajstić information content (AvgIpc) is 1.16. The largest absolute Gasteiger partial charge is 0.417 e. The van der Waals surface area contributed by atoms with Gasteiger partial charge < -0.3 is 64.8 Å². The summed E-state index contributed by atoms with van der Waals surface area (Å²) in [7, 11) is 8.58. The third-order valence-electron chi connectivity index (χ3n) is 22.3. The first-order chi connectivity index (χ1) is 49.3. The number of ether oxygens (including phenoxy) is 1. The molecular formula is C75H108ClF3N12O13. The molecule has 4 saturated heterocycles. The third kappa shape index (κ3) is 19.8. The van der Waals surface area contributed by atoms with Crippen molar-refractivity contribution < 1.29 is 75.4 Å². The number of fused-ring (bicyclic) bond motifs is 3. The first-order valence-corrected chi connectivity index (χ1v) is 37.5. The minimum atomic E-state index is -4.77. The van der Waals surface area contributed by atoms with E-state index in [4.69, 9.17) is 16.3 Å². The molecule has 1 spiro atoms. The first-order valence-electron chi connectivity index (χ1n) is 37.1. The minimum Gasteiger partial charge on any atom is -0.378 e. The minimum absolute atomic E-state index is 0.0201. The highest BCUT2D eigenvalue weighted by molar-refractivity contribution is 6.31. The fourth-order valence-electron chi connectivity index (χ4n) is 15.8. The zero-order chi connectivity index (χ0) is 76.1. The van der Waals surface area contributed by atoms with E-state index in [9.17, 15) is 32.3 Å². The number of alkyl halides is 3. The van der Waals surface area contributed by atoms with E-state index in [1.54, 1.807) is 37.3 Å². The molecule has 4 heterocycles. The van der Waals surface area contributed by atoms with Crippen LogP contribution in [0.5, 0.6) is 0 Å². The van der Waals surface area contributed by atoms with Gasteiger partial charge in [0.15, 0.2) is 0 Å². The van der Waals surface area contributed by atoms with E-state index in [1.807, 2.05) is 20.8 Å². The predicted octanol–water partition coefficient (Wildman–Crippen LogP) is 5.46. The van der Waals surface area contributed by atoms with Crippen molar-refractivity contribution in [2.45, 2.75) is 216 Å².